The van der Waals surface area contributed by atoms with Crippen LogP contribution < -0.4 is 9.96 Å². The van der Waals surface area contributed by atoms with Crippen LogP contribution in [-0.4, -0.2) is 22.9 Å². The first-order valence-electron chi connectivity index (χ1n) is 11.0. The summed E-state index contributed by atoms with van der Waals surface area (Å²) in [6.07, 6.45) is -0.958. The lowest BCUT2D eigenvalue weighted by atomic mass is 9.90. The fourth-order valence-corrected chi connectivity index (χ4v) is 5.15. The van der Waals surface area contributed by atoms with Gasteiger partial charge in [-0.2, -0.15) is 0 Å². The quantitative estimate of drug-likeness (QED) is 0.303. The van der Waals surface area contributed by atoms with E-state index in [4.69, 9.17) is 16.4 Å². The van der Waals surface area contributed by atoms with E-state index in [1.807, 2.05) is 85.8 Å². The highest BCUT2D eigenvalue weighted by Crippen LogP contribution is 2.49. The number of amides is 2. The number of anilines is 2. The lowest BCUT2D eigenvalue weighted by Crippen LogP contribution is -2.37. The highest BCUT2D eigenvalue weighted by molar-refractivity contribution is 6.31. The van der Waals surface area contributed by atoms with E-state index in [9.17, 15) is 9.59 Å². The molecule has 34 heavy (non-hydrogen) atoms. The highest BCUT2D eigenvalue weighted by atomic mass is 35.5. The zero-order valence-corrected chi connectivity index (χ0v) is 19.0. The first-order valence-corrected chi connectivity index (χ1v) is 11.4. The number of rotatable bonds is 3. The molecule has 0 saturated carbocycles. The van der Waals surface area contributed by atoms with E-state index in [1.165, 1.54) is 4.90 Å². The van der Waals surface area contributed by atoms with Crippen molar-refractivity contribution in [2.24, 2.45) is 5.92 Å². The Morgan fingerprint density at radius 1 is 0.882 bits per heavy atom. The Bertz CT molecular complexity index is 1440. The van der Waals surface area contributed by atoms with Crippen molar-refractivity contribution in [1.29, 1.82) is 0 Å². The number of pyridine rings is 1. The van der Waals surface area contributed by atoms with E-state index >= 15 is 0 Å². The summed E-state index contributed by atoms with van der Waals surface area (Å²) in [5.74, 6) is -1.46. The number of hydrogen-bond donors (Lipinski definition) is 0. The first-order chi connectivity index (χ1) is 16.5. The van der Waals surface area contributed by atoms with Crippen LogP contribution in [0.1, 0.15) is 17.2 Å². The van der Waals surface area contributed by atoms with Gasteiger partial charge < -0.3 is 0 Å². The van der Waals surface area contributed by atoms with Crippen LogP contribution in [0, 0.1) is 12.8 Å². The van der Waals surface area contributed by atoms with Crippen molar-refractivity contribution in [2.75, 3.05) is 9.96 Å². The average molecular weight is 470 g/mol. The van der Waals surface area contributed by atoms with Crippen molar-refractivity contribution in [3.8, 4) is 0 Å². The third-order valence-corrected chi connectivity index (χ3v) is 6.81. The zero-order chi connectivity index (χ0) is 23.4. The molecule has 7 heteroatoms. The second-order valence-electron chi connectivity index (χ2n) is 8.52. The van der Waals surface area contributed by atoms with Gasteiger partial charge in [-0.3, -0.25) is 14.4 Å². The van der Waals surface area contributed by atoms with E-state index in [2.05, 4.69) is 4.98 Å². The molecule has 1 aromatic heterocycles. The van der Waals surface area contributed by atoms with E-state index in [0.29, 0.717) is 11.3 Å². The number of aromatic nitrogens is 1. The number of hydroxylamine groups is 1. The van der Waals surface area contributed by atoms with Crippen LogP contribution in [0.25, 0.3) is 10.9 Å². The van der Waals surface area contributed by atoms with Gasteiger partial charge in [0.2, 0.25) is 5.91 Å². The molecule has 0 spiro atoms. The molecule has 3 atom stereocenters. The van der Waals surface area contributed by atoms with Gasteiger partial charge in [0, 0.05) is 10.9 Å². The molecular weight excluding hydrogens is 450 g/mol. The van der Waals surface area contributed by atoms with Gasteiger partial charge in [0.25, 0.3) is 5.91 Å². The van der Waals surface area contributed by atoms with E-state index < -0.39 is 18.1 Å². The molecule has 3 heterocycles. The third-order valence-electron chi connectivity index (χ3n) is 6.51. The van der Waals surface area contributed by atoms with Crippen molar-refractivity contribution < 1.29 is 14.4 Å². The second kappa shape index (κ2) is 7.94. The van der Waals surface area contributed by atoms with Crippen LogP contribution in [-0.2, 0) is 14.4 Å². The van der Waals surface area contributed by atoms with Gasteiger partial charge in [-0.25, -0.2) is 14.9 Å². The molecule has 6 rings (SSSR count). The normalized spacial score (nSPS) is 22.0. The Morgan fingerprint density at radius 3 is 2.38 bits per heavy atom. The summed E-state index contributed by atoms with van der Waals surface area (Å²) in [5, 5.41) is 2.81. The minimum absolute atomic E-state index is 0.281. The number of hydrogen-bond acceptors (Lipinski definition) is 5. The summed E-state index contributed by atoms with van der Waals surface area (Å²) in [7, 11) is 0. The van der Waals surface area contributed by atoms with Crippen molar-refractivity contribution in [3.63, 3.8) is 0 Å². The Labute approximate surface area is 201 Å². The van der Waals surface area contributed by atoms with Gasteiger partial charge in [-0.1, -0.05) is 66.2 Å². The van der Waals surface area contributed by atoms with Crippen LogP contribution in [0.5, 0.6) is 0 Å². The van der Waals surface area contributed by atoms with Crippen molar-refractivity contribution >= 4 is 45.7 Å². The molecule has 4 aromatic rings. The maximum absolute atomic E-state index is 13.8. The van der Waals surface area contributed by atoms with Gasteiger partial charge in [-0.15, -0.1) is 0 Å². The molecule has 0 aliphatic carbocycles. The number of para-hydroxylation sites is 3. The fraction of sp³-hybridized carbons (Fsp3) is 0.148. The van der Waals surface area contributed by atoms with Crippen molar-refractivity contribution in [1.82, 2.24) is 4.98 Å². The fourth-order valence-electron chi connectivity index (χ4n) is 4.90. The number of fused-ring (bicyclic) bond motifs is 2. The van der Waals surface area contributed by atoms with Crippen LogP contribution in [0.15, 0.2) is 84.9 Å². The predicted molar refractivity (Wildman–Crippen MR) is 130 cm³/mol. The predicted octanol–water partition coefficient (Wildman–Crippen LogP) is 5.25. The van der Waals surface area contributed by atoms with Crippen LogP contribution in [0.2, 0.25) is 5.15 Å². The van der Waals surface area contributed by atoms with Crippen molar-refractivity contribution in [3.05, 3.63) is 101 Å². The van der Waals surface area contributed by atoms with Gasteiger partial charge in [0.15, 0.2) is 6.10 Å². The van der Waals surface area contributed by atoms with Crippen LogP contribution >= 0.6 is 11.6 Å². The van der Waals surface area contributed by atoms with Crippen LogP contribution in [0.4, 0.5) is 11.4 Å². The molecule has 0 unspecified atom stereocenters. The molecule has 2 amide bonds. The monoisotopic (exact) mass is 469 g/mol. The van der Waals surface area contributed by atoms with Gasteiger partial charge in [-0.05, 0) is 42.8 Å². The molecule has 3 aromatic carbocycles. The Morgan fingerprint density at radius 2 is 1.59 bits per heavy atom. The SMILES string of the molecule is Cc1ccccc1N1C(=O)[C@@H]2[C@@H](ON(c3ccccc3)[C@H]2c2cc3ccccc3nc2Cl)C1=O. The summed E-state index contributed by atoms with van der Waals surface area (Å²) < 4.78 is 0. The minimum atomic E-state index is -0.958. The van der Waals surface area contributed by atoms with Crippen molar-refractivity contribution in [2.45, 2.75) is 19.1 Å². The number of aryl methyl sites for hydroxylation is 1. The summed E-state index contributed by atoms with van der Waals surface area (Å²) >= 11 is 6.69. The smallest absolute Gasteiger partial charge is 0.266 e. The molecule has 0 bridgehead atoms. The molecule has 0 N–H and O–H groups in total. The molecule has 6 nitrogen and oxygen atoms in total. The van der Waals surface area contributed by atoms with E-state index in [-0.39, 0.29) is 17.0 Å². The minimum Gasteiger partial charge on any atom is -0.273 e. The van der Waals surface area contributed by atoms with E-state index in [0.717, 1.165) is 22.2 Å². The molecule has 2 aliphatic heterocycles. The Hall–Kier alpha value is -3.74. The number of imide groups is 1. The first kappa shape index (κ1) is 20.8. The maximum Gasteiger partial charge on any atom is 0.266 e. The number of halogens is 1. The number of carbonyl (C=O) groups is 2. The second-order valence-corrected chi connectivity index (χ2v) is 8.88. The lowest BCUT2D eigenvalue weighted by Gasteiger charge is -2.29. The Balaban J connectivity index is 1.51. The average Bonchev–Trinajstić information content (AvgIpc) is 3.35. The summed E-state index contributed by atoms with van der Waals surface area (Å²) in [4.78, 5) is 39.4. The molecule has 2 saturated heterocycles. The number of benzene rings is 3. The molecular formula is C27H20ClN3O3. The molecule has 168 valence electrons. The van der Waals surface area contributed by atoms with Gasteiger partial charge in [0.05, 0.1) is 22.9 Å². The maximum atomic E-state index is 13.8. The molecule has 0 radical (unpaired) electrons. The number of nitrogens with zero attached hydrogens (tertiary/aromatic N) is 3. The summed E-state index contributed by atoms with van der Waals surface area (Å²) in [6.45, 7) is 1.88. The summed E-state index contributed by atoms with van der Waals surface area (Å²) in [6, 6.07) is 25.7. The molecule has 2 fully saturated rings. The highest BCUT2D eigenvalue weighted by Gasteiger charge is 2.60. The lowest BCUT2D eigenvalue weighted by molar-refractivity contribution is -0.126. The topological polar surface area (TPSA) is 62.7 Å². The third kappa shape index (κ3) is 3.10. The Kier molecular flexibility index (Phi) is 4.86. The van der Waals surface area contributed by atoms with E-state index in [1.54, 1.807) is 11.1 Å². The van der Waals surface area contributed by atoms with Gasteiger partial charge in [0.1, 0.15) is 11.1 Å². The largest absolute Gasteiger partial charge is 0.273 e. The van der Waals surface area contributed by atoms with Crippen LogP contribution in [0.3, 0.4) is 0 Å². The summed E-state index contributed by atoms with van der Waals surface area (Å²) in [5.41, 5.74) is 3.54. The molecule has 2 aliphatic rings. The standard InChI is InChI=1S/C27H20ClN3O3/c1-16-9-5-8-14-21(16)30-26(32)22-23(19-15-17-10-6-7-13-20(17)29-25(19)28)31(34-24(22)27(30)33)18-11-3-2-4-12-18/h2-15,22-24H,1H3/t22-,23-,24+/m0/s1. The van der Waals surface area contributed by atoms with Gasteiger partial charge >= 0.3 is 0 Å². The number of carbonyl (C=O) groups excluding carboxylic acids is 2. The zero-order valence-electron chi connectivity index (χ0n) is 18.3.